The lowest BCUT2D eigenvalue weighted by molar-refractivity contribution is 0.0813. The zero-order chi connectivity index (χ0) is 12.3. The Bertz CT molecular complexity index is 266. The summed E-state index contributed by atoms with van der Waals surface area (Å²) >= 11 is 0. The van der Waals surface area contributed by atoms with Gasteiger partial charge in [-0.15, -0.1) is 0 Å². The molecule has 1 aliphatic heterocycles. The van der Waals surface area contributed by atoms with E-state index in [9.17, 15) is 4.79 Å². The van der Waals surface area contributed by atoms with Crippen LogP contribution in [0.3, 0.4) is 0 Å². The molecular formula is C13H24N2O2. The van der Waals surface area contributed by atoms with Gasteiger partial charge in [0.25, 0.3) is 0 Å². The van der Waals surface area contributed by atoms with Crippen molar-refractivity contribution in [1.82, 2.24) is 10.2 Å². The topological polar surface area (TPSA) is 41.6 Å². The fraction of sp³-hybridized carbons (Fsp3) is 0.923. The second-order valence-corrected chi connectivity index (χ2v) is 5.49. The molecule has 1 aliphatic carbocycles. The zero-order valence-corrected chi connectivity index (χ0v) is 10.9. The van der Waals surface area contributed by atoms with Crippen LogP contribution in [0.5, 0.6) is 0 Å². The molecule has 4 nitrogen and oxygen atoms in total. The molecule has 0 radical (unpaired) electrons. The lowest BCUT2D eigenvalue weighted by Gasteiger charge is -2.36. The molecule has 1 saturated carbocycles. The van der Waals surface area contributed by atoms with Gasteiger partial charge in [0.1, 0.15) is 0 Å². The van der Waals surface area contributed by atoms with Crippen LogP contribution in [0.15, 0.2) is 0 Å². The molecule has 1 saturated heterocycles. The van der Waals surface area contributed by atoms with E-state index in [-0.39, 0.29) is 6.09 Å². The first-order chi connectivity index (χ1) is 8.19. The fourth-order valence-corrected chi connectivity index (χ4v) is 2.52. The summed E-state index contributed by atoms with van der Waals surface area (Å²) in [7, 11) is 0. The van der Waals surface area contributed by atoms with Crippen LogP contribution >= 0.6 is 0 Å². The molecule has 0 spiro atoms. The highest BCUT2D eigenvalue weighted by atomic mass is 16.6. The van der Waals surface area contributed by atoms with E-state index in [1.165, 1.54) is 19.3 Å². The molecular weight excluding hydrogens is 216 g/mol. The zero-order valence-electron chi connectivity index (χ0n) is 10.9. The summed E-state index contributed by atoms with van der Waals surface area (Å²) in [6.07, 6.45) is 3.76. The minimum Gasteiger partial charge on any atom is -0.450 e. The molecule has 2 unspecified atom stereocenters. The fourth-order valence-electron chi connectivity index (χ4n) is 2.52. The van der Waals surface area contributed by atoms with Gasteiger partial charge in [-0.25, -0.2) is 4.79 Å². The number of likely N-dealkylation sites (tertiary alicyclic amines) is 1. The van der Waals surface area contributed by atoms with Gasteiger partial charge in [0.05, 0.1) is 6.61 Å². The van der Waals surface area contributed by atoms with Crippen LogP contribution in [0.4, 0.5) is 4.79 Å². The Labute approximate surface area is 104 Å². The second kappa shape index (κ2) is 5.71. The molecule has 2 atom stereocenters. The maximum atomic E-state index is 11.7. The third kappa shape index (κ3) is 3.87. The maximum absolute atomic E-state index is 11.7. The van der Waals surface area contributed by atoms with Gasteiger partial charge in [0.15, 0.2) is 0 Å². The van der Waals surface area contributed by atoms with Crippen molar-refractivity contribution in [1.29, 1.82) is 0 Å². The summed E-state index contributed by atoms with van der Waals surface area (Å²) in [6.45, 7) is 7.28. The van der Waals surface area contributed by atoms with Crippen molar-refractivity contribution in [3.63, 3.8) is 0 Å². The van der Waals surface area contributed by atoms with Crippen molar-refractivity contribution < 1.29 is 9.53 Å². The first kappa shape index (κ1) is 12.7. The van der Waals surface area contributed by atoms with Crippen LogP contribution in [0.1, 0.15) is 33.1 Å². The van der Waals surface area contributed by atoms with E-state index in [1.54, 1.807) is 0 Å². The minimum absolute atomic E-state index is 0.155. The molecule has 2 fully saturated rings. The monoisotopic (exact) mass is 240 g/mol. The molecule has 1 amide bonds. The Morgan fingerprint density at radius 2 is 2.18 bits per heavy atom. The molecule has 0 aromatic heterocycles. The molecule has 2 rings (SSSR count). The van der Waals surface area contributed by atoms with E-state index in [2.05, 4.69) is 12.2 Å². The van der Waals surface area contributed by atoms with E-state index < -0.39 is 0 Å². The Morgan fingerprint density at radius 1 is 1.41 bits per heavy atom. The smallest absolute Gasteiger partial charge is 0.409 e. The molecule has 0 aromatic carbocycles. The van der Waals surface area contributed by atoms with Gasteiger partial charge in [-0.1, -0.05) is 6.92 Å². The largest absolute Gasteiger partial charge is 0.450 e. The quantitative estimate of drug-likeness (QED) is 0.815. The average molecular weight is 240 g/mol. The Kier molecular flexibility index (Phi) is 4.26. The van der Waals surface area contributed by atoms with Crippen molar-refractivity contribution >= 4 is 6.09 Å². The highest BCUT2D eigenvalue weighted by Gasteiger charge is 2.30. The summed E-state index contributed by atoms with van der Waals surface area (Å²) in [4.78, 5) is 13.6. The molecule has 0 aromatic rings. The lowest BCUT2D eigenvalue weighted by atomic mass is 9.96. The third-order valence-corrected chi connectivity index (χ3v) is 3.58. The van der Waals surface area contributed by atoms with Crippen molar-refractivity contribution in [2.24, 2.45) is 11.8 Å². The van der Waals surface area contributed by atoms with Crippen molar-refractivity contribution in [2.45, 2.75) is 39.2 Å². The molecule has 2 aliphatic rings. The van der Waals surface area contributed by atoms with Crippen LogP contribution in [0, 0.1) is 11.8 Å². The SMILES string of the molecule is CCOC(=O)N1CC(C)CC(NCC2CC2)C1. The molecule has 1 N–H and O–H groups in total. The average Bonchev–Trinajstić information content (AvgIpc) is 3.10. The minimum atomic E-state index is -0.155. The molecule has 4 heteroatoms. The summed E-state index contributed by atoms with van der Waals surface area (Å²) in [5, 5.41) is 3.59. The summed E-state index contributed by atoms with van der Waals surface area (Å²) in [5.74, 6) is 1.45. The highest BCUT2D eigenvalue weighted by molar-refractivity contribution is 5.67. The lowest BCUT2D eigenvalue weighted by Crippen LogP contribution is -2.51. The normalized spacial score (nSPS) is 29.2. The van der Waals surface area contributed by atoms with Gasteiger partial charge < -0.3 is 15.0 Å². The predicted molar refractivity (Wildman–Crippen MR) is 66.9 cm³/mol. The van der Waals surface area contributed by atoms with Crippen molar-refractivity contribution in [2.75, 3.05) is 26.2 Å². The molecule has 98 valence electrons. The van der Waals surface area contributed by atoms with Gasteiger partial charge in [-0.05, 0) is 44.6 Å². The number of nitrogens with zero attached hydrogens (tertiary/aromatic N) is 1. The van der Waals surface area contributed by atoms with Crippen LogP contribution in [-0.2, 0) is 4.74 Å². The Balaban J connectivity index is 1.79. The maximum Gasteiger partial charge on any atom is 0.409 e. The highest BCUT2D eigenvalue weighted by Crippen LogP contribution is 2.28. The van der Waals surface area contributed by atoms with Crippen LogP contribution < -0.4 is 5.32 Å². The van der Waals surface area contributed by atoms with Gasteiger partial charge in [-0.2, -0.15) is 0 Å². The summed E-state index contributed by atoms with van der Waals surface area (Å²) in [5.41, 5.74) is 0. The van der Waals surface area contributed by atoms with E-state index in [1.807, 2.05) is 11.8 Å². The van der Waals surface area contributed by atoms with Gasteiger partial charge in [0, 0.05) is 19.1 Å². The van der Waals surface area contributed by atoms with Crippen LogP contribution in [0.2, 0.25) is 0 Å². The Morgan fingerprint density at radius 3 is 2.82 bits per heavy atom. The Hall–Kier alpha value is -0.770. The summed E-state index contributed by atoms with van der Waals surface area (Å²) < 4.78 is 5.08. The van der Waals surface area contributed by atoms with Crippen molar-refractivity contribution in [3.05, 3.63) is 0 Å². The predicted octanol–water partition coefficient (Wildman–Crippen LogP) is 1.85. The van der Waals surface area contributed by atoms with Gasteiger partial charge >= 0.3 is 6.09 Å². The van der Waals surface area contributed by atoms with E-state index in [0.29, 0.717) is 18.6 Å². The van der Waals surface area contributed by atoms with E-state index >= 15 is 0 Å². The molecule has 17 heavy (non-hydrogen) atoms. The second-order valence-electron chi connectivity index (χ2n) is 5.49. The number of carbonyl (C=O) groups is 1. The van der Waals surface area contributed by atoms with Crippen molar-refractivity contribution in [3.8, 4) is 0 Å². The number of hydrogen-bond donors (Lipinski definition) is 1. The number of nitrogens with one attached hydrogen (secondary N) is 1. The number of piperidine rings is 1. The number of ether oxygens (including phenoxy) is 1. The van der Waals surface area contributed by atoms with Gasteiger partial charge in [-0.3, -0.25) is 0 Å². The molecule has 0 bridgehead atoms. The summed E-state index contributed by atoms with van der Waals surface area (Å²) in [6, 6.07) is 0.448. The first-order valence-electron chi connectivity index (χ1n) is 6.84. The first-order valence-corrected chi connectivity index (χ1v) is 6.84. The van der Waals surface area contributed by atoms with E-state index in [4.69, 9.17) is 4.74 Å². The van der Waals surface area contributed by atoms with Crippen LogP contribution in [-0.4, -0.2) is 43.3 Å². The van der Waals surface area contributed by atoms with Gasteiger partial charge in [0.2, 0.25) is 0 Å². The number of hydrogen-bond acceptors (Lipinski definition) is 3. The number of rotatable bonds is 4. The number of carbonyl (C=O) groups excluding carboxylic acids is 1. The molecule has 1 heterocycles. The number of amides is 1. The van der Waals surface area contributed by atoms with E-state index in [0.717, 1.165) is 25.6 Å². The van der Waals surface area contributed by atoms with Crippen LogP contribution in [0.25, 0.3) is 0 Å². The third-order valence-electron chi connectivity index (χ3n) is 3.58. The standard InChI is InChI=1S/C13H24N2O2/c1-3-17-13(16)15-8-10(2)6-12(9-15)14-7-11-4-5-11/h10-12,14H,3-9H2,1-2H3.